The summed E-state index contributed by atoms with van der Waals surface area (Å²) >= 11 is -3.36. The number of benzene rings is 6. The van der Waals surface area contributed by atoms with Crippen LogP contribution in [-0.4, -0.2) is 13.3 Å². The Morgan fingerprint density at radius 3 is 0.952 bits per heavy atom. The molecule has 0 heterocycles. The van der Waals surface area contributed by atoms with Crippen LogP contribution in [0.5, 0.6) is 0 Å². The van der Waals surface area contributed by atoms with E-state index in [1.165, 1.54) is 17.6 Å². The van der Waals surface area contributed by atoms with E-state index in [1.807, 2.05) is 48.5 Å². The molecule has 6 aromatic carbocycles. The molecule has 0 saturated heterocycles. The first-order chi connectivity index (χ1) is 20.7. The summed E-state index contributed by atoms with van der Waals surface area (Å²) in [5.74, 6) is 0. The molecule has 0 aliphatic rings. The molecule has 0 N–H and O–H groups in total. The van der Waals surface area contributed by atoms with Crippen molar-refractivity contribution >= 4 is 59.3 Å². The Balaban J connectivity index is 1.55. The van der Waals surface area contributed by atoms with Crippen molar-refractivity contribution in [3.8, 4) is 0 Å². The molecule has 0 bridgehead atoms. The minimum atomic E-state index is -3.36. The Kier molecular flexibility index (Phi) is 7.69. The molecule has 0 saturated carbocycles. The molecule has 0 aromatic heterocycles. The van der Waals surface area contributed by atoms with Crippen LogP contribution in [0.1, 0.15) is 0 Å². The quantitative estimate of drug-likeness (QED) is 0.136. The first kappa shape index (κ1) is 26.8. The Morgan fingerprint density at radius 2 is 0.643 bits per heavy atom. The van der Waals surface area contributed by atoms with E-state index in [0.717, 1.165) is 17.1 Å². The van der Waals surface area contributed by atoms with Gasteiger partial charge in [0.05, 0.1) is 0 Å². The normalized spacial score (nSPS) is 10.8. The van der Waals surface area contributed by atoms with Crippen molar-refractivity contribution in [2.24, 2.45) is 0 Å². The van der Waals surface area contributed by atoms with Gasteiger partial charge in [0.1, 0.15) is 0 Å². The number of anilines is 3. The Morgan fingerprint density at radius 1 is 0.357 bits per heavy atom. The summed E-state index contributed by atoms with van der Waals surface area (Å²) in [7, 11) is 0. The second-order valence-corrected chi connectivity index (χ2v) is 18.0. The fraction of sp³-hybridized carbons (Fsp3) is 0. The molecule has 0 amide bonds. The van der Waals surface area contributed by atoms with Crippen molar-refractivity contribution in [3.63, 3.8) is 0 Å². The van der Waals surface area contributed by atoms with Gasteiger partial charge in [-0.2, -0.15) is 0 Å². The number of hydrogen-bond acceptors (Lipinski definition) is 1. The van der Waals surface area contributed by atoms with Crippen molar-refractivity contribution < 1.29 is 0 Å². The van der Waals surface area contributed by atoms with Crippen molar-refractivity contribution in [3.05, 3.63) is 187 Å². The zero-order valence-corrected chi connectivity index (χ0v) is 25.0. The van der Waals surface area contributed by atoms with E-state index in [-0.39, 0.29) is 0 Å². The van der Waals surface area contributed by atoms with Gasteiger partial charge in [0, 0.05) is 0 Å². The van der Waals surface area contributed by atoms with Crippen LogP contribution in [0.3, 0.4) is 0 Å². The average Bonchev–Trinajstić information content (AvgIpc) is 3.08. The van der Waals surface area contributed by atoms with Crippen LogP contribution in [0.25, 0.3) is 9.69 Å². The van der Waals surface area contributed by atoms with Gasteiger partial charge >= 0.3 is 251 Å². The van der Waals surface area contributed by atoms with Crippen LogP contribution < -0.4 is 22.5 Å². The van der Waals surface area contributed by atoms with E-state index in [1.54, 1.807) is 0 Å². The molecule has 0 aliphatic carbocycles. The van der Waals surface area contributed by atoms with Gasteiger partial charge in [0.25, 0.3) is 0 Å². The molecule has 4 heteroatoms. The molecular weight excluding hydrogens is 571 g/mol. The summed E-state index contributed by atoms with van der Waals surface area (Å²) in [5, 5.41) is 0. The summed E-state index contributed by atoms with van der Waals surface area (Å²) in [6, 6.07) is 57.2. The third kappa shape index (κ3) is 4.99. The van der Waals surface area contributed by atoms with Gasteiger partial charge in [-0.15, -0.1) is 0 Å². The van der Waals surface area contributed by atoms with Crippen LogP contribution in [0, 0.1) is 13.1 Å². The van der Waals surface area contributed by atoms with E-state index >= 15 is 0 Å². The van der Waals surface area contributed by atoms with E-state index < -0.39 is 13.3 Å². The predicted molar refractivity (Wildman–Crippen MR) is 177 cm³/mol. The van der Waals surface area contributed by atoms with Gasteiger partial charge in [-0.1, -0.05) is 0 Å². The van der Waals surface area contributed by atoms with E-state index in [0.29, 0.717) is 11.4 Å². The Bertz CT molecular complexity index is 1700. The van der Waals surface area contributed by atoms with Crippen molar-refractivity contribution in [1.82, 2.24) is 0 Å². The number of nitrogens with zero attached hydrogens (tertiary/aromatic N) is 3. The van der Waals surface area contributed by atoms with Gasteiger partial charge in [-0.25, -0.2) is 0 Å². The monoisotopic (exact) mass is 599 g/mol. The van der Waals surface area contributed by atoms with Crippen LogP contribution in [0.2, 0.25) is 0 Å². The summed E-state index contributed by atoms with van der Waals surface area (Å²) < 4.78 is 5.48. The molecule has 3 nitrogen and oxygen atoms in total. The molecule has 0 aliphatic heterocycles. The first-order valence-corrected chi connectivity index (χ1v) is 18.0. The Labute approximate surface area is 250 Å². The molecule has 0 radical (unpaired) electrons. The molecule has 42 heavy (non-hydrogen) atoms. The second-order valence-electron chi connectivity index (χ2n) is 9.99. The van der Waals surface area contributed by atoms with E-state index in [9.17, 15) is 0 Å². The van der Waals surface area contributed by atoms with Crippen LogP contribution in [-0.2, 0) is 0 Å². The van der Waals surface area contributed by atoms with Gasteiger partial charge in [0.2, 0.25) is 0 Å². The fourth-order valence-corrected chi connectivity index (χ4v) is 15.7. The summed E-state index contributed by atoms with van der Waals surface area (Å²) in [5.41, 5.74) is 4.11. The maximum absolute atomic E-state index is 7.38. The third-order valence-corrected chi connectivity index (χ3v) is 17.7. The molecule has 0 fully saturated rings. The predicted octanol–water partition coefficient (Wildman–Crippen LogP) is 7.64. The van der Waals surface area contributed by atoms with Gasteiger partial charge in [0.15, 0.2) is 0 Å². The van der Waals surface area contributed by atoms with E-state index in [4.69, 9.17) is 13.1 Å². The molecule has 0 atom stereocenters. The summed E-state index contributed by atoms with van der Waals surface area (Å²) in [6.45, 7) is 14.8. The van der Waals surface area contributed by atoms with Gasteiger partial charge < -0.3 is 0 Å². The molecule has 198 valence electrons. The summed E-state index contributed by atoms with van der Waals surface area (Å²) in [4.78, 5) is 9.31. The van der Waals surface area contributed by atoms with Gasteiger partial charge in [-0.05, 0) is 0 Å². The topological polar surface area (TPSA) is 12.0 Å². The van der Waals surface area contributed by atoms with Crippen LogP contribution in [0.4, 0.5) is 28.4 Å². The number of hydrogen-bond donors (Lipinski definition) is 0. The molecule has 0 unspecified atom stereocenters. The average molecular weight is 598 g/mol. The minimum absolute atomic E-state index is 0.601. The third-order valence-electron chi connectivity index (χ3n) is 7.65. The van der Waals surface area contributed by atoms with E-state index in [2.05, 4.69) is 130 Å². The maximum atomic E-state index is 7.38. The van der Waals surface area contributed by atoms with Crippen LogP contribution >= 0.6 is 0 Å². The van der Waals surface area contributed by atoms with Crippen molar-refractivity contribution in [2.75, 3.05) is 4.90 Å². The fourth-order valence-electron chi connectivity index (χ4n) is 5.72. The Hall–Kier alpha value is -5.36. The molecular formula is C38H27GeN3. The van der Waals surface area contributed by atoms with Gasteiger partial charge in [-0.3, -0.25) is 0 Å². The van der Waals surface area contributed by atoms with Crippen molar-refractivity contribution in [2.45, 2.75) is 0 Å². The summed E-state index contributed by atoms with van der Waals surface area (Å²) in [6.07, 6.45) is 0. The molecule has 6 rings (SSSR count). The molecule has 6 aromatic rings. The molecule has 0 spiro atoms. The SMILES string of the molecule is [C-]#[N+]c1ccc(N(c2ccc([N+]#[C-])cc2)c2cc[c]([Ge]([c]3ccccc3)([c]3ccccc3)[c]3ccccc3)cc2)cc1. The van der Waals surface area contributed by atoms with Crippen molar-refractivity contribution in [1.29, 1.82) is 0 Å². The standard InChI is InChI=1S/C38H27GeN3/c1-40-34-20-26-37(27-21-34)42(38-28-22-35(41-2)23-29-38)36-24-18-33(19-25-36)39(30-12-6-3-7-13-30,31-14-8-4-9-15-31)32-16-10-5-11-17-32/h3-29H. The zero-order valence-electron chi connectivity index (χ0n) is 22.9. The number of rotatable bonds is 7. The first-order valence-electron chi connectivity index (χ1n) is 13.8. The van der Waals surface area contributed by atoms with Crippen LogP contribution in [0.15, 0.2) is 164 Å². The second kappa shape index (κ2) is 12.0. The zero-order chi connectivity index (χ0) is 28.8.